The van der Waals surface area contributed by atoms with Gasteiger partial charge in [-0.3, -0.25) is 10.1 Å². The van der Waals surface area contributed by atoms with E-state index in [1.54, 1.807) is 61.5 Å². The molecule has 192 valence electrons. The summed E-state index contributed by atoms with van der Waals surface area (Å²) in [5.41, 5.74) is 7.79. The largest absolute Gasteiger partial charge is 0.508 e. The molecule has 3 aromatic rings. The molecule has 0 bridgehead atoms. The molecule has 2 atom stereocenters. The Morgan fingerprint density at radius 3 is 2.57 bits per heavy atom. The van der Waals surface area contributed by atoms with E-state index >= 15 is 0 Å². The molecular weight excluding hydrogens is 478 g/mol. The summed E-state index contributed by atoms with van der Waals surface area (Å²) < 4.78 is 22.2. The molecule has 37 heavy (non-hydrogen) atoms. The Morgan fingerprint density at radius 2 is 1.81 bits per heavy atom. The van der Waals surface area contributed by atoms with Gasteiger partial charge in [0.1, 0.15) is 11.9 Å². The van der Waals surface area contributed by atoms with Crippen molar-refractivity contribution in [1.82, 2.24) is 0 Å². The van der Waals surface area contributed by atoms with Crippen LogP contribution in [0, 0.1) is 0 Å². The van der Waals surface area contributed by atoms with Crippen LogP contribution in [0.3, 0.4) is 0 Å². The zero-order valence-corrected chi connectivity index (χ0v) is 20.0. The van der Waals surface area contributed by atoms with Crippen LogP contribution in [0.4, 0.5) is 21.9 Å². The number of amides is 2. The lowest BCUT2D eigenvalue weighted by molar-refractivity contribution is -0.112. The van der Waals surface area contributed by atoms with Crippen LogP contribution in [0.25, 0.3) is 0 Å². The van der Waals surface area contributed by atoms with E-state index in [-0.39, 0.29) is 19.1 Å². The van der Waals surface area contributed by atoms with Crippen molar-refractivity contribution in [2.75, 3.05) is 29.8 Å². The standard InChI is InChI=1S/C27H27N3O7/c1-2-34-23(13-14-25(32)30-21-6-4-3-5-20(21)28)26(17-7-10-19(31)11-8-17)37-27(33)29-18-9-12-22-24(15-18)36-16-35-22/h3-15,23,26,31H,2,16,28H2,1H3,(H,29,33)(H,30,32)/b14-13+/t23-,26-/m0/s1. The summed E-state index contributed by atoms with van der Waals surface area (Å²) in [6.45, 7) is 2.18. The van der Waals surface area contributed by atoms with Crippen molar-refractivity contribution in [3.8, 4) is 17.2 Å². The van der Waals surface area contributed by atoms with Gasteiger partial charge in [-0.15, -0.1) is 0 Å². The van der Waals surface area contributed by atoms with Crippen LogP contribution >= 0.6 is 0 Å². The Hall–Kier alpha value is -4.70. The number of para-hydroxylation sites is 2. The van der Waals surface area contributed by atoms with Gasteiger partial charge in [-0.2, -0.15) is 0 Å². The van der Waals surface area contributed by atoms with Gasteiger partial charge in [0, 0.05) is 24.4 Å². The van der Waals surface area contributed by atoms with Gasteiger partial charge in [-0.05, 0) is 55.0 Å². The molecule has 0 spiro atoms. The molecular formula is C27H27N3O7. The van der Waals surface area contributed by atoms with Gasteiger partial charge >= 0.3 is 6.09 Å². The van der Waals surface area contributed by atoms with E-state index in [9.17, 15) is 14.7 Å². The molecule has 3 aromatic carbocycles. The Kier molecular flexibility index (Phi) is 8.11. The highest BCUT2D eigenvalue weighted by molar-refractivity contribution is 6.01. The fourth-order valence-electron chi connectivity index (χ4n) is 3.63. The maximum atomic E-state index is 12.9. The summed E-state index contributed by atoms with van der Waals surface area (Å²) >= 11 is 0. The monoisotopic (exact) mass is 505 g/mol. The Balaban J connectivity index is 1.52. The number of anilines is 3. The molecule has 0 radical (unpaired) electrons. The predicted octanol–water partition coefficient (Wildman–Crippen LogP) is 4.59. The zero-order valence-electron chi connectivity index (χ0n) is 20.0. The number of ether oxygens (including phenoxy) is 4. The van der Waals surface area contributed by atoms with E-state index in [0.717, 1.165) is 0 Å². The molecule has 2 amide bonds. The molecule has 10 heteroatoms. The lowest BCUT2D eigenvalue weighted by Gasteiger charge is -2.25. The number of phenolic OH excluding ortho intramolecular Hbond substituents is 1. The Bertz CT molecular complexity index is 1280. The summed E-state index contributed by atoms with van der Waals surface area (Å²) in [5.74, 6) is 0.707. The van der Waals surface area contributed by atoms with Crippen LogP contribution in [0.5, 0.6) is 17.2 Å². The van der Waals surface area contributed by atoms with E-state index in [1.165, 1.54) is 24.3 Å². The number of fused-ring (bicyclic) bond motifs is 1. The maximum Gasteiger partial charge on any atom is 0.412 e. The molecule has 5 N–H and O–H groups in total. The number of nitrogen functional groups attached to an aromatic ring is 1. The number of hydrogen-bond acceptors (Lipinski definition) is 8. The first-order valence-electron chi connectivity index (χ1n) is 11.5. The van der Waals surface area contributed by atoms with Crippen molar-refractivity contribution in [2.24, 2.45) is 0 Å². The van der Waals surface area contributed by atoms with Crippen LogP contribution in [-0.4, -0.2) is 36.6 Å². The summed E-state index contributed by atoms with van der Waals surface area (Å²) in [5, 5.41) is 15.1. The SMILES string of the molecule is CCO[C@@H](/C=C/C(=O)Nc1ccccc1N)[C@@H](OC(=O)Nc1ccc2c(c1)OCO2)c1ccc(O)cc1. The van der Waals surface area contributed by atoms with E-state index in [2.05, 4.69) is 10.6 Å². The van der Waals surface area contributed by atoms with E-state index in [0.29, 0.717) is 34.1 Å². The third-order valence-corrected chi connectivity index (χ3v) is 5.39. The molecule has 0 saturated heterocycles. The van der Waals surface area contributed by atoms with E-state index < -0.39 is 24.2 Å². The smallest absolute Gasteiger partial charge is 0.412 e. The average molecular weight is 506 g/mol. The molecule has 0 aromatic heterocycles. The van der Waals surface area contributed by atoms with Crippen LogP contribution in [0.2, 0.25) is 0 Å². The first-order chi connectivity index (χ1) is 17.9. The average Bonchev–Trinajstić information content (AvgIpc) is 3.35. The topological polar surface area (TPSA) is 141 Å². The Morgan fingerprint density at radius 1 is 1.05 bits per heavy atom. The van der Waals surface area contributed by atoms with Gasteiger partial charge in [0.15, 0.2) is 17.6 Å². The third-order valence-electron chi connectivity index (χ3n) is 5.39. The maximum absolute atomic E-state index is 12.9. The molecule has 0 saturated carbocycles. The highest BCUT2D eigenvalue weighted by Crippen LogP contribution is 2.34. The minimum atomic E-state index is -0.944. The molecule has 1 heterocycles. The number of carbonyl (C=O) groups excluding carboxylic acids is 2. The Labute approximate surface area is 213 Å². The molecule has 1 aliphatic rings. The number of hydrogen-bond donors (Lipinski definition) is 4. The van der Waals surface area contributed by atoms with Crippen molar-refractivity contribution in [3.05, 3.63) is 84.4 Å². The normalized spacial score (nSPS) is 13.6. The number of nitrogens with one attached hydrogen (secondary N) is 2. The number of nitrogens with two attached hydrogens (primary N) is 1. The van der Waals surface area contributed by atoms with Crippen LogP contribution in [0.15, 0.2) is 78.9 Å². The van der Waals surface area contributed by atoms with Gasteiger partial charge in [-0.1, -0.05) is 24.3 Å². The first-order valence-corrected chi connectivity index (χ1v) is 11.5. The van der Waals surface area contributed by atoms with E-state index in [4.69, 9.17) is 24.7 Å². The van der Waals surface area contributed by atoms with Crippen molar-refractivity contribution >= 4 is 29.1 Å². The lowest BCUT2D eigenvalue weighted by Crippen LogP contribution is -2.28. The number of carbonyl (C=O) groups is 2. The minimum absolute atomic E-state index is 0.0515. The van der Waals surface area contributed by atoms with Crippen molar-refractivity contribution in [3.63, 3.8) is 0 Å². The van der Waals surface area contributed by atoms with Crippen molar-refractivity contribution < 1.29 is 33.6 Å². The lowest BCUT2D eigenvalue weighted by atomic mass is 10.0. The van der Waals surface area contributed by atoms with Crippen molar-refractivity contribution in [1.29, 1.82) is 0 Å². The first kappa shape index (κ1) is 25.4. The summed E-state index contributed by atoms with van der Waals surface area (Å²) in [7, 11) is 0. The van der Waals surface area contributed by atoms with E-state index in [1.807, 2.05) is 0 Å². The van der Waals surface area contributed by atoms with Crippen molar-refractivity contribution in [2.45, 2.75) is 19.1 Å². The molecule has 0 aliphatic carbocycles. The number of rotatable bonds is 9. The van der Waals surface area contributed by atoms with Gasteiger partial charge in [0.2, 0.25) is 12.7 Å². The van der Waals surface area contributed by atoms with Gasteiger partial charge in [0.25, 0.3) is 0 Å². The molecule has 4 rings (SSSR count). The van der Waals surface area contributed by atoms with Crippen LogP contribution in [0.1, 0.15) is 18.6 Å². The second kappa shape index (κ2) is 11.8. The molecule has 0 fully saturated rings. The van der Waals surface area contributed by atoms with Gasteiger partial charge in [0.05, 0.1) is 11.4 Å². The predicted molar refractivity (Wildman–Crippen MR) is 138 cm³/mol. The fourth-order valence-corrected chi connectivity index (χ4v) is 3.63. The number of benzene rings is 3. The highest BCUT2D eigenvalue weighted by Gasteiger charge is 2.27. The second-order valence-electron chi connectivity index (χ2n) is 7.97. The van der Waals surface area contributed by atoms with Crippen LogP contribution < -0.4 is 25.8 Å². The third kappa shape index (κ3) is 6.71. The second-order valence-corrected chi connectivity index (χ2v) is 7.97. The molecule has 0 unspecified atom stereocenters. The minimum Gasteiger partial charge on any atom is -0.508 e. The van der Waals surface area contributed by atoms with Crippen LogP contribution in [-0.2, 0) is 14.3 Å². The van der Waals surface area contributed by atoms with Gasteiger partial charge < -0.3 is 35.1 Å². The molecule has 10 nitrogen and oxygen atoms in total. The number of phenols is 1. The summed E-state index contributed by atoms with van der Waals surface area (Å²) in [6, 6.07) is 18.0. The highest BCUT2D eigenvalue weighted by atomic mass is 16.7. The van der Waals surface area contributed by atoms with Gasteiger partial charge in [-0.25, -0.2) is 4.79 Å². The molecule has 1 aliphatic heterocycles. The zero-order chi connectivity index (χ0) is 26.2. The fraction of sp³-hybridized carbons (Fsp3) is 0.185. The summed E-state index contributed by atoms with van der Waals surface area (Å²) in [4.78, 5) is 25.4. The summed E-state index contributed by atoms with van der Waals surface area (Å²) in [6.07, 6.45) is 0.274. The quantitative estimate of drug-likeness (QED) is 0.244. The number of aromatic hydroxyl groups is 1.